The molecule has 3 aromatic rings. The maximum Gasteiger partial charge on any atom is 0.255 e. The Balaban J connectivity index is 1.99. The molecule has 30 heavy (non-hydrogen) atoms. The van der Waals surface area contributed by atoms with E-state index in [2.05, 4.69) is 5.32 Å². The Morgan fingerprint density at radius 2 is 1.90 bits per heavy atom. The summed E-state index contributed by atoms with van der Waals surface area (Å²) in [5.74, 6) is 1.07. The first kappa shape index (κ1) is 21.4. The molecule has 7 heteroatoms. The van der Waals surface area contributed by atoms with Gasteiger partial charge in [0.2, 0.25) is 0 Å². The number of carbonyl (C=O) groups excluding carboxylic acids is 1. The minimum atomic E-state index is -0.200. The molecule has 0 radical (unpaired) electrons. The standard InChI is InChI=1S/C23H27N3O4/c1-4-30-14-8-13-24-23(27)20-16-26(17-9-6-5-7-10-17)25-22(20)19-15-18(28-2)11-12-21(19)29-3/h5-7,9-12,15-16H,4,8,13-14H2,1-3H3,(H,24,27). The lowest BCUT2D eigenvalue weighted by Crippen LogP contribution is -2.25. The fourth-order valence-corrected chi connectivity index (χ4v) is 3.07. The summed E-state index contributed by atoms with van der Waals surface area (Å²) in [6, 6.07) is 15.1. The van der Waals surface area contributed by atoms with Gasteiger partial charge in [-0.2, -0.15) is 5.10 Å². The summed E-state index contributed by atoms with van der Waals surface area (Å²) in [6.07, 6.45) is 2.48. The molecule has 0 fully saturated rings. The Morgan fingerprint density at radius 1 is 1.10 bits per heavy atom. The molecule has 0 bridgehead atoms. The van der Waals surface area contributed by atoms with Crippen molar-refractivity contribution in [3.8, 4) is 28.4 Å². The molecule has 0 aliphatic rings. The van der Waals surface area contributed by atoms with E-state index in [0.29, 0.717) is 48.1 Å². The van der Waals surface area contributed by atoms with Gasteiger partial charge < -0.3 is 19.5 Å². The van der Waals surface area contributed by atoms with Crippen molar-refractivity contribution < 1.29 is 19.0 Å². The first-order valence-electron chi connectivity index (χ1n) is 9.91. The van der Waals surface area contributed by atoms with E-state index >= 15 is 0 Å². The lowest BCUT2D eigenvalue weighted by molar-refractivity contribution is 0.0945. The highest BCUT2D eigenvalue weighted by atomic mass is 16.5. The zero-order valence-corrected chi connectivity index (χ0v) is 17.6. The van der Waals surface area contributed by atoms with Crippen LogP contribution in [-0.4, -0.2) is 49.7 Å². The van der Waals surface area contributed by atoms with Gasteiger partial charge in [-0.1, -0.05) is 18.2 Å². The molecule has 2 aromatic carbocycles. The van der Waals surface area contributed by atoms with Crippen molar-refractivity contribution >= 4 is 5.91 Å². The van der Waals surface area contributed by atoms with E-state index in [9.17, 15) is 4.79 Å². The molecule has 0 saturated carbocycles. The lowest BCUT2D eigenvalue weighted by Gasteiger charge is -2.10. The van der Waals surface area contributed by atoms with Crippen LogP contribution in [0.25, 0.3) is 16.9 Å². The largest absolute Gasteiger partial charge is 0.497 e. The number of amides is 1. The summed E-state index contributed by atoms with van der Waals surface area (Å²) < 4.78 is 17.9. The molecule has 1 N–H and O–H groups in total. The average Bonchev–Trinajstić information content (AvgIpc) is 3.24. The highest BCUT2D eigenvalue weighted by molar-refractivity contribution is 6.00. The summed E-state index contributed by atoms with van der Waals surface area (Å²) in [6.45, 7) is 3.74. The molecule has 1 heterocycles. The zero-order valence-electron chi connectivity index (χ0n) is 17.6. The van der Waals surface area contributed by atoms with Gasteiger partial charge in [0.25, 0.3) is 5.91 Å². The van der Waals surface area contributed by atoms with E-state index in [0.717, 1.165) is 12.1 Å². The molecule has 0 unspecified atom stereocenters. The number of rotatable bonds is 10. The summed E-state index contributed by atoms with van der Waals surface area (Å²) in [4.78, 5) is 13.0. The van der Waals surface area contributed by atoms with Crippen molar-refractivity contribution in [3.63, 3.8) is 0 Å². The van der Waals surface area contributed by atoms with Crippen LogP contribution in [0.2, 0.25) is 0 Å². The summed E-state index contributed by atoms with van der Waals surface area (Å²) in [5, 5.41) is 7.66. The molecule has 0 spiro atoms. The monoisotopic (exact) mass is 409 g/mol. The highest BCUT2D eigenvalue weighted by Gasteiger charge is 2.21. The molecule has 1 amide bonds. The second-order valence-electron chi connectivity index (χ2n) is 6.54. The first-order valence-corrected chi connectivity index (χ1v) is 9.91. The Labute approximate surface area is 176 Å². The fraction of sp³-hybridized carbons (Fsp3) is 0.304. The quantitative estimate of drug-likeness (QED) is 0.517. The van der Waals surface area contributed by atoms with Crippen LogP contribution in [0.3, 0.4) is 0 Å². The van der Waals surface area contributed by atoms with Crippen molar-refractivity contribution in [2.24, 2.45) is 0 Å². The number of para-hydroxylation sites is 1. The lowest BCUT2D eigenvalue weighted by atomic mass is 10.1. The van der Waals surface area contributed by atoms with Crippen molar-refractivity contribution in [3.05, 3.63) is 60.3 Å². The van der Waals surface area contributed by atoms with Crippen LogP contribution in [0, 0.1) is 0 Å². The van der Waals surface area contributed by atoms with E-state index in [1.807, 2.05) is 49.4 Å². The van der Waals surface area contributed by atoms with Gasteiger partial charge >= 0.3 is 0 Å². The minimum Gasteiger partial charge on any atom is -0.497 e. The Morgan fingerprint density at radius 3 is 2.60 bits per heavy atom. The highest BCUT2D eigenvalue weighted by Crippen LogP contribution is 2.35. The maximum atomic E-state index is 13.0. The van der Waals surface area contributed by atoms with Crippen LogP contribution in [-0.2, 0) is 4.74 Å². The van der Waals surface area contributed by atoms with E-state index in [1.165, 1.54) is 0 Å². The number of methoxy groups -OCH3 is 2. The molecule has 1 aromatic heterocycles. The third kappa shape index (κ3) is 4.99. The Bertz CT molecular complexity index is 970. The maximum absolute atomic E-state index is 13.0. The normalized spacial score (nSPS) is 10.6. The van der Waals surface area contributed by atoms with Gasteiger partial charge in [-0.15, -0.1) is 0 Å². The van der Waals surface area contributed by atoms with Crippen LogP contribution < -0.4 is 14.8 Å². The first-order chi connectivity index (χ1) is 14.7. The Kier molecular flexibility index (Phi) is 7.45. The molecule has 158 valence electrons. The number of ether oxygens (including phenoxy) is 3. The second kappa shape index (κ2) is 10.5. The van der Waals surface area contributed by atoms with Gasteiger partial charge in [0.05, 0.1) is 25.5 Å². The van der Waals surface area contributed by atoms with Crippen molar-refractivity contribution in [2.45, 2.75) is 13.3 Å². The predicted octanol–water partition coefficient (Wildman–Crippen LogP) is 3.71. The van der Waals surface area contributed by atoms with Crippen molar-refractivity contribution in [1.29, 1.82) is 0 Å². The van der Waals surface area contributed by atoms with Gasteiger partial charge in [0.1, 0.15) is 17.2 Å². The van der Waals surface area contributed by atoms with Crippen LogP contribution in [0.1, 0.15) is 23.7 Å². The zero-order chi connectivity index (χ0) is 21.3. The van der Waals surface area contributed by atoms with E-state index < -0.39 is 0 Å². The summed E-state index contributed by atoms with van der Waals surface area (Å²) >= 11 is 0. The molecule has 0 atom stereocenters. The van der Waals surface area contributed by atoms with Gasteiger partial charge in [0.15, 0.2) is 0 Å². The fourth-order valence-electron chi connectivity index (χ4n) is 3.07. The van der Waals surface area contributed by atoms with Crippen LogP contribution >= 0.6 is 0 Å². The number of nitrogens with zero attached hydrogens (tertiary/aromatic N) is 2. The van der Waals surface area contributed by atoms with Crippen LogP contribution in [0.15, 0.2) is 54.7 Å². The SMILES string of the molecule is CCOCCCNC(=O)c1cn(-c2ccccc2)nc1-c1cc(OC)ccc1OC. The number of benzene rings is 2. The molecule has 0 aliphatic heterocycles. The molecule has 0 saturated heterocycles. The van der Waals surface area contributed by atoms with E-state index in [4.69, 9.17) is 19.3 Å². The number of hydrogen-bond donors (Lipinski definition) is 1. The Hall–Kier alpha value is -3.32. The molecule has 3 rings (SSSR count). The third-order valence-corrected chi connectivity index (χ3v) is 4.60. The molecule has 0 aliphatic carbocycles. The van der Waals surface area contributed by atoms with Crippen molar-refractivity contribution in [2.75, 3.05) is 34.0 Å². The number of nitrogens with one attached hydrogen (secondary N) is 1. The summed E-state index contributed by atoms with van der Waals surface area (Å²) in [7, 11) is 3.19. The van der Waals surface area contributed by atoms with Gasteiger partial charge in [-0.05, 0) is 43.7 Å². The predicted molar refractivity (Wildman–Crippen MR) is 116 cm³/mol. The number of hydrogen-bond acceptors (Lipinski definition) is 5. The number of carbonyl (C=O) groups is 1. The van der Waals surface area contributed by atoms with Gasteiger partial charge in [-0.25, -0.2) is 4.68 Å². The second-order valence-corrected chi connectivity index (χ2v) is 6.54. The van der Waals surface area contributed by atoms with Crippen molar-refractivity contribution in [1.82, 2.24) is 15.1 Å². The van der Waals surface area contributed by atoms with E-state index in [-0.39, 0.29) is 5.91 Å². The molecule has 7 nitrogen and oxygen atoms in total. The molecular weight excluding hydrogens is 382 g/mol. The topological polar surface area (TPSA) is 74.6 Å². The average molecular weight is 409 g/mol. The van der Waals surface area contributed by atoms with E-state index in [1.54, 1.807) is 31.2 Å². The van der Waals surface area contributed by atoms with Gasteiger partial charge in [0, 0.05) is 31.5 Å². The third-order valence-electron chi connectivity index (χ3n) is 4.60. The van der Waals surface area contributed by atoms with Crippen LogP contribution in [0.5, 0.6) is 11.5 Å². The minimum absolute atomic E-state index is 0.200. The number of aromatic nitrogens is 2. The molecular formula is C23H27N3O4. The smallest absolute Gasteiger partial charge is 0.255 e. The van der Waals surface area contributed by atoms with Crippen LogP contribution in [0.4, 0.5) is 0 Å². The summed E-state index contributed by atoms with van der Waals surface area (Å²) in [5.41, 5.74) is 2.53. The van der Waals surface area contributed by atoms with Gasteiger partial charge in [-0.3, -0.25) is 4.79 Å².